The number of azide groups is 1. The maximum absolute atomic E-state index is 10.0. The molecule has 1 aromatic rings. The van der Waals surface area contributed by atoms with Crippen LogP contribution < -0.4 is 0 Å². The van der Waals surface area contributed by atoms with Crippen LogP contribution in [0.4, 0.5) is 0 Å². The lowest BCUT2D eigenvalue weighted by Crippen LogP contribution is -2.19. The Morgan fingerprint density at radius 3 is 2.39 bits per heavy atom. The molecule has 2 atom stereocenters. The van der Waals surface area contributed by atoms with E-state index in [-0.39, 0.29) is 13.0 Å². The Kier molecular flexibility index (Phi) is 5.44. The standard InChI is InChI=1S/C12H16ClN3O2/c1-7-5-9(6-8(2)11(7)13)12(18)10(17)3-4-15-16-14/h5-6,10,12,17-18H,3-4H2,1-2H3. The Bertz CT molecular complexity index is 449. The van der Waals surface area contributed by atoms with Crippen LogP contribution in [0.3, 0.4) is 0 Å². The number of nitrogens with zero attached hydrogens (tertiary/aromatic N) is 3. The van der Waals surface area contributed by atoms with Crippen LogP contribution in [0.5, 0.6) is 0 Å². The molecule has 1 rings (SSSR count). The summed E-state index contributed by atoms with van der Waals surface area (Å²) < 4.78 is 0. The average Bonchev–Trinajstić information content (AvgIpc) is 2.34. The molecule has 0 aliphatic rings. The minimum atomic E-state index is -1.01. The summed E-state index contributed by atoms with van der Waals surface area (Å²) in [6, 6.07) is 3.49. The zero-order valence-corrected chi connectivity index (χ0v) is 11.1. The van der Waals surface area contributed by atoms with Gasteiger partial charge in [-0.1, -0.05) is 28.8 Å². The molecule has 0 bridgehead atoms. The molecule has 98 valence electrons. The molecule has 2 unspecified atom stereocenters. The van der Waals surface area contributed by atoms with E-state index in [1.54, 1.807) is 12.1 Å². The summed E-state index contributed by atoms with van der Waals surface area (Å²) >= 11 is 6.04. The summed E-state index contributed by atoms with van der Waals surface area (Å²) in [5.74, 6) is 0. The molecule has 0 heterocycles. The number of hydrogen-bond acceptors (Lipinski definition) is 3. The second-order valence-electron chi connectivity index (χ2n) is 4.22. The van der Waals surface area contributed by atoms with Crippen molar-refractivity contribution in [2.45, 2.75) is 32.5 Å². The van der Waals surface area contributed by atoms with Crippen LogP contribution in [0, 0.1) is 13.8 Å². The van der Waals surface area contributed by atoms with Crippen LogP contribution >= 0.6 is 11.6 Å². The highest BCUT2D eigenvalue weighted by molar-refractivity contribution is 6.32. The zero-order valence-electron chi connectivity index (χ0n) is 10.3. The van der Waals surface area contributed by atoms with Crippen LogP contribution in [-0.4, -0.2) is 22.9 Å². The molecule has 1 aromatic carbocycles. The van der Waals surface area contributed by atoms with Crippen molar-refractivity contribution in [3.8, 4) is 0 Å². The number of aliphatic hydroxyl groups is 2. The van der Waals surface area contributed by atoms with E-state index in [1.165, 1.54) is 0 Å². The SMILES string of the molecule is Cc1cc(C(O)C(O)CCN=[N+]=[N-])cc(C)c1Cl. The van der Waals surface area contributed by atoms with Gasteiger partial charge in [0.25, 0.3) is 0 Å². The van der Waals surface area contributed by atoms with Gasteiger partial charge in [0.1, 0.15) is 6.10 Å². The van der Waals surface area contributed by atoms with Crippen molar-refractivity contribution in [2.75, 3.05) is 6.54 Å². The molecule has 0 aliphatic heterocycles. The Morgan fingerprint density at radius 2 is 1.89 bits per heavy atom. The van der Waals surface area contributed by atoms with Crippen LogP contribution in [0.2, 0.25) is 5.02 Å². The van der Waals surface area contributed by atoms with Crippen molar-refractivity contribution in [3.05, 3.63) is 44.3 Å². The molecule has 0 spiro atoms. The molecule has 6 heteroatoms. The number of aliphatic hydroxyl groups excluding tert-OH is 2. The van der Waals surface area contributed by atoms with E-state index in [4.69, 9.17) is 17.1 Å². The van der Waals surface area contributed by atoms with Crippen LogP contribution in [0.25, 0.3) is 10.4 Å². The Hall–Kier alpha value is -1.26. The first kappa shape index (κ1) is 14.8. The van der Waals surface area contributed by atoms with E-state index in [0.29, 0.717) is 10.6 Å². The van der Waals surface area contributed by atoms with Gasteiger partial charge in [-0.2, -0.15) is 0 Å². The summed E-state index contributed by atoms with van der Waals surface area (Å²) in [6.07, 6.45) is -1.75. The van der Waals surface area contributed by atoms with Crippen molar-refractivity contribution < 1.29 is 10.2 Å². The van der Waals surface area contributed by atoms with Gasteiger partial charge >= 0.3 is 0 Å². The molecule has 0 amide bonds. The summed E-state index contributed by atoms with van der Waals surface area (Å²) in [5, 5.41) is 23.8. The van der Waals surface area contributed by atoms with Gasteiger partial charge < -0.3 is 10.2 Å². The third-order valence-corrected chi connectivity index (χ3v) is 3.35. The topological polar surface area (TPSA) is 89.2 Å². The van der Waals surface area contributed by atoms with Gasteiger partial charge in [-0.3, -0.25) is 0 Å². The van der Waals surface area contributed by atoms with E-state index in [2.05, 4.69) is 10.0 Å². The quantitative estimate of drug-likeness (QED) is 0.489. The fourth-order valence-electron chi connectivity index (χ4n) is 1.76. The van der Waals surface area contributed by atoms with Crippen molar-refractivity contribution >= 4 is 11.6 Å². The molecular weight excluding hydrogens is 254 g/mol. The molecule has 0 radical (unpaired) electrons. The third-order valence-electron chi connectivity index (χ3n) is 2.75. The minimum absolute atomic E-state index is 0.153. The normalized spacial score (nSPS) is 13.8. The van der Waals surface area contributed by atoms with Gasteiger partial charge in [-0.25, -0.2) is 0 Å². The minimum Gasteiger partial charge on any atom is -0.390 e. The second kappa shape index (κ2) is 6.61. The van der Waals surface area contributed by atoms with Crippen molar-refractivity contribution in [1.29, 1.82) is 0 Å². The number of aryl methyl sites for hydroxylation is 2. The third kappa shape index (κ3) is 3.62. The lowest BCUT2D eigenvalue weighted by Gasteiger charge is -2.19. The maximum Gasteiger partial charge on any atom is 0.105 e. The predicted molar refractivity (Wildman–Crippen MR) is 70.5 cm³/mol. The van der Waals surface area contributed by atoms with E-state index >= 15 is 0 Å². The zero-order chi connectivity index (χ0) is 13.7. The van der Waals surface area contributed by atoms with E-state index in [0.717, 1.165) is 11.1 Å². The van der Waals surface area contributed by atoms with Gasteiger partial charge in [0.05, 0.1) is 6.10 Å². The summed E-state index contributed by atoms with van der Waals surface area (Å²) in [5.41, 5.74) is 10.5. The molecule has 0 aromatic heterocycles. The number of benzene rings is 1. The van der Waals surface area contributed by atoms with Crippen molar-refractivity contribution in [1.82, 2.24) is 0 Å². The first-order chi connectivity index (χ1) is 8.47. The molecule has 18 heavy (non-hydrogen) atoms. The fraction of sp³-hybridized carbons (Fsp3) is 0.500. The molecule has 5 nitrogen and oxygen atoms in total. The summed E-state index contributed by atoms with van der Waals surface area (Å²) in [6.45, 7) is 3.84. The van der Waals surface area contributed by atoms with E-state index in [9.17, 15) is 10.2 Å². The first-order valence-electron chi connectivity index (χ1n) is 5.61. The highest BCUT2D eigenvalue weighted by Crippen LogP contribution is 2.27. The molecule has 0 fully saturated rings. The molecule has 0 saturated heterocycles. The Morgan fingerprint density at radius 1 is 1.33 bits per heavy atom. The van der Waals surface area contributed by atoms with Gasteiger partial charge in [0.15, 0.2) is 0 Å². The lowest BCUT2D eigenvalue weighted by molar-refractivity contribution is 0.0150. The van der Waals surface area contributed by atoms with Crippen molar-refractivity contribution in [3.63, 3.8) is 0 Å². The summed E-state index contributed by atoms with van der Waals surface area (Å²) in [7, 11) is 0. The first-order valence-corrected chi connectivity index (χ1v) is 5.98. The predicted octanol–water partition coefficient (Wildman–Crippen LogP) is 3.05. The Balaban J connectivity index is 2.83. The largest absolute Gasteiger partial charge is 0.390 e. The smallest absolute Gasteiger partial charge is 0.105 e. The fourth-order valence-corrected chi connectivity index (χ4v) is 1.87. The van der Waals surface area contributed by atoms with Gasteiger partial charge in [0, 0.05) is 16.5 Å². The monoisotopic (exact) mass is 269 g/mol. The van der Waals surface area contributed by atoms with Crippen LogP contribution in [0.1, 0.15) is 29.2 Å². The van der Waals surface area contributed by atoms with E-state index in [1.807, 2.05) is 13.8 Å². The number of hydrogen-bond donors (Lipinski definition) is 2. The lowest BCUT2D eigenvalue weighted by atomic mass is 9.98. The number of halogens is 1. The molecule has 2 N–H and O–H groups in total. The highest BCUT2D eigenvalue weighted by Gasteiger charge is 2.19. The van der Waals surface area contributed by atoms with E-state index < -0.39 is 12.2 Å². The highest BCUT2D eigenvalue weighted by atomic mass is 35.5. The maximum atomic E-state index is 10.0. The molecule has 0 aliphatic carbocycles. The van der Waals surface area contributed by atoms with Gasteiger partial charge in [-0.15, -0.1) is 0 Å². The molecular formula is C12H16ClN3O2. The second-order valence-corrected chi connectivity index (χ2v) is 4.60. The summed E-state index contributed by atoms with van der Waals surface area (Å²) in [4.78, 5) is 2.59. The average molecular weight is 270 g/mol. The van der Waals surface area contributed by atoms with Crippen molar-refractivity contribution in [2.24, 2.45) is 5.11 Å². The Labute approximate surface area is 111 Å². The van der Waals surface area contributed by atoms with Crippen LogP contribution in [-0.2, 0) is 0 Å². The van der Waals surface area contributed by atoms with Gasteiger partial charge in [-0.05, 0) is 42.5 Å². The van der Waals surface area contributed by atoms with Gasteiger partial charge in [0.2, 0.25) is 0 Å². The number of rotatable bonds is 5. The molecule has 0 saturated carbocycles. The van der Waals surface area contributed by atoms with Crippen LogP contribution in [0.15, 0.2) is 17.2 Å².